The second-order valence-corrected chi connectivity index (χ2v) is 6.83. The number of benzene rings is 1. The fraction of sp³-hybridized carbons (Fsp3) is 0.333. The van der Waals surface area contributed by atoms with Gasteiger partial charge in [-0.25, -0.2) is 4.98 Å². The minimum absolute atomic E-state index is 0.147. The summed E-state index contributed by atoms with van der Waals surface area (Å²) in [7, 11) is 0. The molecule has 1 aromatic carbocycles. The maximum absolute atomic E-state index is 12.3. The summed E-state index contributed by atoms with van der Waals surface area (Å²) in [5, 5.41) is 6.32. The van der Waals surface area contributed by atoms with Gasteiger partial charge in [-0.05, 0) is 55.7 Å². The van der Waals surface area contributed by atoms with E-state index in [-0.39, 0.29) is 5.91 Å². The van der Waals surface area contributed by atoms with E-state index in [2.05, 4.69) is 31.5 Å². The summed E-state index contributed by atoms with van der Waals surface area (Å²) in [6.45, 7) is 1.99. The fourth-order valence-electron chi connectivity index (χ4n) is 2.82. The number of nitrogens with zero attached hydrogens (tertiary/aromatic N) is 1. The number of aromatic nitrogens is 1. The molecule has 120 valence electrons. The Balaban J connectivity index is 1.63. The van der Waals surface area contributed by atoms with Crippen LogP contribution in [0.4, 0.5) is 11.5 Å². The van der Waals surface area contributed by atoms with Crippen LogP contribution in [0.15, 0.2) is 41.0 Å². The Bertz CT molecular complexity index is 694. The second-order valence-electron chi connectivity index (χ2n) is 5.98. The molecule has 3 rings (SSSR count). The lowest BCUT2D eigenvalue weighted by Crippen LogP contribution is -2.16. The van der Waals surface area contributed by atoms with Crippen LogP contribution in [-0.4, -0.2) is 16.9 Å². The summed E-state index contributed by atoms with van der Waals surface area (Å²) in [6, 6.07) is 9.94. The summed E-state index contributed by atoms with van der Waals surface area (Å²) in [5.41, 5.74) is 2.42. The Hall–Kier alpha value is -1.88. The normalized spacial score (nSPS) is 14.7. The largest absolute Gasteiger partial charge is 0.367 e. The number of anilines is 2. The van der Waals surface area contributed by atoms with Crippen molar-refractivity contribution in [3.05, 3.63) is 52.1 Å². The third kappa shape index (κ3) is 4.10. The Morgan fingerprint density at radius 1 is 1.22 bits per heavy atom. The van der Waals surface area contributed by atoms with Gasteiger partial charge in [0.05, 0.1) is 5.56 Å². The summed E-state index contributed by atoms with van der Waals surface area (Å²) in [5.74, 6) is 0.694. The van der Waals surface area contributed by atoms with Gasteiger partial charge in [-0.15, -0.1) is 0 Å². The highest BCUT2D eigenvalue weighted by molar-refractivity contribution is 9.10. The molecule has 2 aromatic rings. The van der Waals surface area contributed by atoms with Crippen molar-refractivity contribution >= 4 is 33.3 Å². The van der Waals surface area contributed by atoms with E-state index in [0.29, 0.717) is 11.6 Å². The third-order valence-electron chi connectivity index (χ3n) is 4.15. The summed E-state index contributed by atoms with van der Waals surface area (Å²) >= 11 is 3.45. The number of hydrogen-bond acceptors (Lipinski definition) is 3. The van der Waals surface area contributed by atoms with Gasteiger partial charge in [0.1, 0.15) is 5.82 Å². The molecular formula is C18H20BrN3O. The lowest BCUT2D eigenvalue weighted by molar-refractivity contribution is 0.102. The first-order valence-corrected chi connectivity index (χ1v) is 8.71. The summed E-state index contributed by atoms with van der Waals surface area (Å²) < 4.78 is 1.03. The van der Waals surface area contributed by atoms with Crippen molar-refractivity contribution in [2.45, 2.75) is 38.6 Å². The summed E-state index contributed by atoms with van der Waals surface area (Å²) in [6.07, 6.45) is 6.59. The van der Waals surface area contributed by atoms with E-state index in [1.54, 1.807) is 6.20 Å². The molecule has 0 atom stereocenters. The Morgan fingerprint density at radius 2 is 2.00 bits per heavy atom. The molecule has 1 aliphatic carbocycles. The topological polar surface area (TPSA) is 54.0 Å². The van der Waals surface area contributed by atoms with Crippen molar-refractivity contribution in [2.24, 2.45) is 0 Å². The van der Waals surface area contributed by atoms with Crippen LogP contribution < -0.4 is 10.6 Å². The predicted octanol–water partition coefficient (Wildman–Crippen LogP) is 4.76. The summed E-state index contributed by atoms with van der Waals surface area (Å²) in [4.78, 5) is 16.6. The molecule has 23 heavy (non-hydrogen) atoms. The van der Waals surface area contributed by atoms with Gasteiger partial charge in [0.15, 0.2) is 0 Å². The van der Waals surface area contributed by atoms with Crippen LogP contribution in [0.25, 0.3) is 0 Å². The number of nitrogens with one attached hydrogen (secondary N) is 2. The van der Waals surface area contributed by atoms with Crippen LogP contribution in [-0.2, 0) is 0 Å². The van der Waals surface area contributed by atoms with Gasteiger partial charge in [0.2, 0.25) is 0 Å². The first-order chi connectivity index (χ1) is 11.1. The van der Waals surface area contributed by atoms with Gasteiger partial charge in [0, 0.05) is 22.4 Å². The first kappa shape index (κ1) is 16.0. The van der Waals surface area contributed by atoms with Gasteiger partial charge >= 0.3 is 0 Å². The monoisotopic (exact) mass is 373 g/mol. The molecule has 1 saturated carbocycles. The highest BCUT2D eigenvalue weighted by Gasteiger charge is 2.15. The molecule has 0 saturated heterocycles. The minimum atomic E-state index is -0.147. The molecule has 2 N–H and O–H groups in total. The average molecular weight is 374 g/mol. The SMILES string of the molecule is Cc1cc(NC(=O)c2ccc(NC3CCCC3)nc2)ccc1Br. The number of carbonyl (C=O) groups is 1. The highest BCUT2D eigenvalue weighted by Crippen LogP contribution is 2.22. The Labute approximate surface area is 144 Å². The van der Waals surface area contributed by atoms with Gasteiger partial charge in [0.25, 0.3) is 5.91 Å². The van der Waals surface area contributed by atoms with Gasteiger partial charge in [-0.3, -0.25) is 4.79 Å². The zero-order valence-electron chi connectivity index (χ0n) is 13.1. The van der Waals surface area contributed by atoms with E-state index in [0.717, 1.165) is 21.5 Å². The van der Waals surface area contributed by atoms with Crippen LogP contribution in [0.5, 0.6) is 0 Å². The quantitative estimate of drug-likeness (QED) is 0.811. The molecule has 1 fully saturated rings. The number of carbonyl (C=O) groups excluding carboxylic acids is 1. The smallest absolute Gasteiger partial charge is 0.257 e. The molecule has 0 radical (unpaired) electrons. The molecule has 1 amide bonds. The molecule has 0 bridgehead atoms. The molecule has 1 aliphatic rings. The van der Waals surface area contributed by atoms with Crippen LogP contribution in [0, 0.1) is 6.92 Å². The fourth-order valence-corrected chi connectivity index (χ4v) is 3.07. The van der Waals surface area contributed by atoms with Crippen molar-refractivity contribution < 1.29 is 4.79 Å². The molecule has 0 aliphatic heterocycles. The van der Waals surface area contributed by atoms with Crippen molar-refractivity contribution in [1.29, 1.82) is 0 Å². The zero-order chi connectivity index (χ0) is 16.2. The number of hydrogen-bond donors (Lipinski definition) is 2. The Kier molecular flexibility index (Phi) is 4.96. The standard InChI is InChI=1S/C18H20BrN3O/c1-12-10-15(7-8-16(12)19)22-18(23)13-6-9-17(20-11-13)21-14-4-2-3-5-14/h6-11,14H,2-5H2,1H3,(H,20,21)(H,22,23). The van der Waals surface area contributed by atoms with Gasteiger partial charge in [-0.1, -0.05) is 28.8 Å². The maximum Gasteiger partial charge on any atom is 0.257 e. The number of halogens is 1. The average Bonchev–Trinajstić information content (AvgIpc) is 3.04. The van der Waals surface area contributed by atoms with Crippen molar-refractivity contribution in [3.63, 3.8) is 0 Å². The lowest BCUT2D eigenvalue weighted by Gasteiger charge is -2.12. The second kappa shape index (κ2) is 7.13. The Morgan fingerprint density at radius 3 is 2.65 bits per heavy atom. The first-order valence-electron chi connectivity index (χ1n) is 7.92. The van der Waals surface area contributed by atoms with Crippen LogP contribution in [0.2, 0.25) is 0 Å². The molecule has 1 heterocycles. The third-order valence-corrected chi connectivity index (χ3v) is 5.04. The lowest BCUT2D eigenvalue weighted by atomic mass is 10.2. The van der Waals surface area contributed by atoms with Crippen molar-refractivity contribution in [2.75, 3.05) is 10.6 Å². The number of pyridine rings is 1. The van der Waals surface area contributed by atoms with Crippen LogP contribution in [0.3, 0.4) is 0 Å². The molecule has 1 aromatic heterocycles. The van der Waals surface area contributed by atoms with Gasteiger partial charge < -0.3 is 10.6 Å². The molecular weight excluding hydrogens is 354 g/mol. The predicted molar refractivity (Wildman–Crippen MR) is 96.9 cm³/mol. The zero-order valence-corrected chi connectivity index (χ0v) is 14.7. The minimum Gasteiger partial charge on any atom is -0.367 e. The van der Waals surface area contributed by atoms with E-state index in [1.807, 2.05) is 37.3 Å². The van der Waals surface area contributed by atoms with E-state index in [9.17, 15) is 4.79 Å². The van der Waals surface area contributed by atoms with E-state index in [4.69, 9.17) is 0 Å². The van der Waals surface area contributed by atoms with Crippen LogP contribution in [0.1, 0.15) is 41.6 Å². The molecule has 4 nitrogen and oxygen atoms in total. The van der Waals surface area contributed by atoms with Crippen LogP contribution >= 0.6 is 15.9 Å². The van der Waals surface area contributed by atoms with E-state index >= 15 is 0 Å². The number of amides is 1. The molecule has 0 unspecified atom stereocenters. The van der Waals surface area contributed by atoms with Crippen molar-refractivity contribution in [1.82, 2.24) is 4.98 Å². The van der Waals surface area contributed by atoms with Gasteiger partial charge in [-0.2, -0.15) is 0 Å². The molecule has 5 heteroatoms. The van der Waals surface area contributed by atoms with E-state index in [1.165, 1.54) is 25.7 Å². The molecule has 0 spiro atoms. The maximum atomic E-state index is 12.3. The number of aryl methyl sites for hydroxylation is 1. The number of rotatable bonds is 4. The highest BCUT2D eigenvalue weighted by atomic mass is 79.9. The van der Waals surface area contributed by atoms with E-state index < -0.39 is 0 Å². The van der Waals surface area contributed by atoms with Crippen molar-refractivity contribution in [3.8, 4) is 0 Å².